The molecule has 0 aromatic heterocycles. The minimum Gasteiger partial charge on any atom is -0.494 e. The van der Waals surface area contributed by atoms with Crippen LogP contribution in [-0.2, 0) is 10.0 Å². The molecule has 0 spiro atoms. The molecule has 2 rings (SSSR count). The first-order valence-electron chi connectivity index (χ1n) is 6.44. The van der Waals surface area contributed by atoms with Gasteiger partial charge in [-0.25, -0.2) is 8.42 Å². The average molecular weight is 326 g/mol. The Hall–Kier alpha value is -1.72. The molecule has 0 unspecified atom stereocenters. The Labute approximate surface area is 129 Å². The fraction of sp³-hybridized carbons (Fsp3) is 0.200. The van der Waals surface area contributed by atoms with Gasteiger partial charge in [-0.05, 0) is 43.7 Å². The monoisotopic (exact) mass is 325 g/mol. The molecule has 0 atom stereocenters. The summed E-state index contributed by atoms with van der Waals surface area (Å²) in [6.07, 6.45) is 0. The molecule has 0 aliphatic heterocycles. The zero-order valence-electron chi connectivity index (χ0n) is 11.8. The fourth-order valence-electron chi connectivity index (χ4n) is 1.77. The Morgan fingerprint density at radius 2 is 1.95 bits per heavy atom. The minimum atomic E-state index is -3.67. The van der Waals surface area contributed by atoms with Crippen molar-refractivity contribution in [1.82, 2.24) is 0 Å². The van der Waals surface area contributed by atoms with E-state index in [1.54, 1.807) is 30.3 Å². The number of halogens is 1. The number of rotatable bonds is 5. The molecular weight excluding hydrogens is 310 g/mol. The van der Waals surface area contributed by atoms with Crippen LogP contribution in [0, 0.1) is 6.92 Å². The lowest BCUT2D eigenvalue weighted by atomic mass is 10.2. The zero-order valence-corrected chi connectivity index (χ0v) is 13.3. The van der Waals surface area contributed by atoms with Crippen molar-refractivity contribution in [1.29, 1.82) is 0 Å². The van der Waals surface area contributed by atoms with Gasteiger partial charge in [0.05, 0.1) is 17.2 Å². The molecule has 0 saturated heterocycles. The molecule has 0 saturated carbocycles. The summed E-state index contributed by atoms with van der Waals surface area (Å²) in [5, 5.41) is 0.418. The summed E-state index contributed by atoms with van der Waals surface area (Å²) >= 11 is 5.98. The highest BCUT2D eigenvalue weighted by molar-refractivity contribution is 7.92. The lowest BCUT2D eigenvalue weighted by Crippen LogP contribution is -2.13. The molecule has 0 amide bonds. The normalized spacial score (nSPS) is 11.2. The summed E-state index contributed by atoms with van der Waals surface area (Å²) in [6, 6.07) is 11.4. The molecule has 6 heteroatoms. The first-order chi connectivity index (χ1) is 9.92. The van der Waals surface area contributed by atoms with Gasteiger partial charge in [0, 0.05) is 11.1 Å². The largest absolute Gasteiger partial charge is 0.494 e. The van der Waals surface area contributed by atoms with Crippen molar-refractivity contribution in [3.63, 3.8) is 0 Å². The van der Waals surface area contributed by atoms with E-state index in [9.17, 15) is 8.42 Å². The van der Waals surface area contributed by atoms with E-state index >= 15 is 0 Å². The van der Waals surface area contributed by atoms with Gasteiger partial charge >= 0.3 is 0 Å². The first kappa shape index (κ1) is 15.7. The van der Waals surface area contributed by atoms with E-state index in [2.05, 4.69) is 4.72 Å². The number of aryl methyl sites for hydroxylation is 1. The van der Waals surface area contributed by atoms with Crippen molar-refractivity contribution in [3.8, 4) is 5.75 Å². The summed E-state index contributed by atoms with van der Waals surface area (Å²) < 4.78 is 32.5. The second-order valence-corrected chi connectivity index (χ2v) is 6.57. The van der Waals surface area contributed by atoms with Crippen LogP contribution in [0.2, 0.25) is 5.02 Å². The molecule has 0 fully saturated rings. The van der Waals surface area contributed by atoms with Gasteiger partial charge in [-0.2, -0.15) is 0 Å². The SMILES string of the molecule is CCOc1cccc(NS(=O)(=O)c2ccc(C)c(Cl)c2)c1. The summed E-state index contributed by atoms with van der Waals surface area (Å²) in [4.78, 5) is 0.125. The van der Waals surface area contributed by atoms with Crippen LogP contribution in [0.1, 0.15) is 12.5 Å². The predicted octanol–water partition coefficient (Wildman–Crippen LogP) is 3.85. The average Bonchev–Trinajstić information content (AvgIpc) is 2.42. The van der Waals surface area contributed by atoms with Gasteiger partial charge in [-0.15, -0.1) is 0 Å². The van der Waals surface area contributed by atoms with Crippen LogP contribution in [0.5, 0.6) is 5.75 Å². The van der Waals surface area contributed by atoms with Crippen molar-refractivity contribution >= 4 is 27.3 Å². The quantitative estimate of drug-likeness (QED) is 0.908. The maximum absolute atomic E-state index is 12.3. The number of benzene rings is 2. The summed E-state index contributed by atoms with van der Waals surface area (Å²) in [5.41, 5.74) is 1.27. The molecule has 0 aliphatic carbocycles. The Bertz CT molecular complexity index is 744. The van der Waals surface area contributed by atoms with Crippen LogP contribution in [0.3, 0.4) is 0 Å². The van der Waals surface area contributed by atoms with Gasteiger partial charge in [-0.1, -0.05) is 23.7 Å². The Morgan fingerprint density at radius 1 is 1.19 bits per heavy atom. The molecule has 2 aromatic rings. The molecule has 2 aromatic carbocycles. The highest BCUT2D eigenvalue weighted by Gasteiger charge is 2.15. The van der Waals surface area contributed by atoms with Crippen molar-refractivity contribution in [3.05, 3.63) is 53.1 Å². The van der Waals surface area contributed by atoms with Gasteiger partial charge in [0.25, 0.3) is 10.0 Å². The van der Waals surface area contributed by atoms with Crippen molar-refractivity contribution in [2.75, 3.05) is 11.3 Å². The van der Waals surface area contributed by atoms with Crippen LogP contribution in [0.4, 0.5) is 5.69 Å². The van der Waals surface area contributed by atoms with E-state index in [-0.39, 0.29) is 4.90 Å². The van der Waals surface area contributed by atoms with Gasteiger partial charge < -0.3 is 4.74 Å². The molecule has 0 aliphatic rings. The van der Waals surface area contributed by atoms with Gasteiger partial charge in [0.2, 0.25) is 0 Å². The number of sulfonamides is 1. The lowest BCUT2D eigenvalue weighted by molar-refractivity contribution is 0.340. The summed E-state index contributed by atoms with van der Waals surface area (Å²) in [5.74, 6) is 0.611. The van der Waals surface area contributed by atoms with Crippen molar-refractivity contribution in [2.45, 2.75) is 18.7 Å². The van der Waals surface area contributed by atoms with Gasteiger partial charge in [0.1, 0.15) is 5.75 Å². The Balaban J connectivity index is 2.28. The third kappa shape index (κ3) is 3.89. The molecule has 112 valence electrons. The maximum atomic E-state index is 12.3. The highest BCUT2D eigenvalue weighted by atomic mass is 35.5. The fourth-order valence-corrected chi connectivity index (χ4v) is 3.09. The maximum Gasteiger partial charge on any atom is 0.261 e. The van der Waals surface area contributed by atoms with Crippen LogP contribution in [0.25, 0.3) is 0 Å². The van der Waals surface area contributed by atoms with E-state index in [0.717, 1.165) is 5.56 Å². The smallest absolute Gasteiger partial charge is 0.261 e. The Morgan fingerprint density at radius 3 is 2.62 bits per heavy atom. The predicted molar refractivity (Wildman–Crippen MR) is 84.6 cm³/mol. The second kappa shape index (κ2) is 6.37. The zero-order chi connectivity index (χ0) is 15.5. The molecule has 0 heterocycles. The van der Waals surface area contributed by atoms with E-state index in [1.807, 2.05) is 13.8 Å². The topological polar surface area (TPSA) is 55.4 Å². The lowest BCUT2D eigenvalue weighted by Gasteiger charge is -2.10. The highest BCUT2D eigenvalue weighted by Crippen LogP contribution is 2.24. The molecule has 0 bridgehead atoms. The second-order valence-electron chi connectivity index (χ2n) is 4.48. The molecule has 0 radical (unpaired) electrons. The van der Waals surface area contributed by atoms with E-state index in [1.165, 1.54) is 12.1 Å². The van der Waals surface area contributed by atoms with E-state index in [4.69, 9.17) is 16.3 Å². The molecule has 1 N–H and O–H groups in total. The van der Waals surface area contributed by atoms with Gasteiger partial charge in [-0.3, -0.25) is 4.72 Å². The Kier molecular flexibility index (Phi) is 4.75. The summed E-state index contributed by atoms with van der Waals surface area (Å²) in [6.45, 7) is 4.20. The standard InChI is InChI=1S/C15H16ClNO3S/c1-3-20-13-6-4-5-12(9-13)17-21(18,19)14-8-7-11(2)15(16)10-14/h4-10,17H,3H2,1-2H3. The van der Waals surface area contributed by atoms with E-state index < -0.39 is 10.0 Å². The van der Waals surface area contributed by atoms with E-state index in [0.29, 0.717) is 23.1 Å². The van der Waals surface area contributed by atoms with Crippen molar-refractivity contribution in [2.24, 2.45) is 0 Å². The summed E-state index contributed by atoms with van der Waals surface area (Å²) in [7, 11) is -3.67. The molecule has 21 heavy (non-hydrogen) atoms. The third-order valence-corrected chi connectivity index (χ3v) is 4.64. The number of nitrogens with one attached hydrogen (secondary N) is 1. The van der Waals surface area contributed by atoms with Gasteiger partial charge in [0.15, 0.2) is 0 Å². The van der Waals surface area contributed by atoms with Crippen LogP contribution < -0.4 is 9.46 Å². The molecular formula is C15H16ClNO3S. The van der Waals surface area contributed by atoms with Crippen LogP contribution in [-0.4, -0.2) is 15.0 Å². The van der Waals surface area contributed by atoms with Crippen LogP contribution in [0.15, 0.2) is 47.4 Å². The molecule has 4 nitrogen and oxygen atoms in total. The number of hydrogen-bond acceptors (Lipinski definition) is 3. The number of hydrogen-bond donors (Lipinski definition) is 1. The minimum absolute atomic E-state index is 0.125. The number of anilines is 1. The first-order valence-corrected chi connectivity index (χ1v) is 8.30. The third-order valence-electron chi connectivity index (χ3n) is 2.85. The van der Waals surface area contributed by atoms with Crippen LogP contribution >= 0.6 is 11.6 Å². The number of ether oxygens (including phenoxy) is 1. The van der Waals surface area contributed by atoms with Crippen molar-refractivity contribution < 1.29 is 13.2 Å².